The van der Waals surface area contributed by atoms with E-state index >= 15 is 0 Å². The standard InChI is InChI=1S/C10H8Br2F2O2/c1-2-16-8(15)3-5-9(12)7(13)4-6(11)10(5)14/h4H,2-3H2,1H3. The zero-order chi connectivity index (χ0) is 12.3. The van der Waals surface area contributed by atoms with Crippen molar-refractivity contribution >= 4 is 37.8 Å². The summed E-state index contributed by atoms with van der Waals surface area (Å²) in [5.41, 5.74) is -0.0506. The Labute approximate surface area is 108 Å². The summed E-state index contributed by atoms with van der Waals surface area (Å²) in [6.07, 6.45) is -0.309. The lowest BCUT2D eigenvalue weighted by molar-refractivity contribution is -0.142. The highest BCUT2D eigenvalue weighted by molar-refractivity contribution is 9.11. The number of rotatable bonds is 3. The molecule has 0 bridgehead atoms. The van der Waals surface area contributed by atoms with Crippen molar-refractivity contribution in [2.75, 3.05) is 6.61 Å². The van der Waals surface area contributed by atoms with E-state index in [1.54, 1.807) is 6.92 Å². The van der Waals surface area contributed by atoms with E-state index in [4.69, 9.17) is 0 Å². The number of hydrogen-bond donors (Lipinski definition) is 0. The first-order valence-corrected chi connectivity index (χ1v) is 6.03. The maximum Gasteiger partial charge on any atom is 0.310 e. The molecular formula is C10H8Br2F2O2. The molecule has 1 rings (SSSR count). The van der Waals surface area contributed by atoms with Gasteiger partial charge in [-0.15, -0.1) is 0 Å². The number of carbonyl (C=O) groups is 1. The minimum atomic E-state index is -0.665. The van der Waals surface area contributed by atoms with E-state index < -0.39 is 17.6 Å². The Kier molecular flexibility index (Phi) is 4.86. The molecule has 2 nitrogen and oxygen atoms in total. The second kappa shape index (κ2) is 5.72. The highest BCUT2D eigenvalue weighted by atomic mass is 79.9. The van der Waals surface area contributed by atoms with Crippen molar-refractivity contribution in [2.45, 2.75) is 13.3 Å². The number of carbonyl (C=O) groups excluding carboxylic acids is 1. The van der Waals surface area contributed by atoms with Crippen LogP contribution in [0.15, 0.2) is 15.0 Å². The molecule has 6 heteroatoms. The van der Waals surface area contributed by atoms with Crippen LogP contribution in [0.5, 0.6) is 0 Å². The number of benzene rings is 1. The molecule has 0 aliphatic carbocycles. The summed E-state index contributed by atoms with van der Waals surface area (Å²) in [7, 11) is 0. The molecule has 0 N–H and O–H groups in total. The Bertz CT molecular complexity index is 396. The van der Waals surface area contributed by atoms with Gasteiger partial charge in [0.05, 0.1) is 22.0 Å². The summed E-state index contributed by atoms with van der Waals surface area (Å²) >= 11 is 5.77. The SMILES string of the molecule is CCOC(=O)Cc1c(F)c(Br)cc(F)c1Br. The maximum atomic E-state index is 13.6. The molecule has 0 aliphatic heterocycles. The van der Waals surface area contributed by atoms with Crippen LogP contribution in [0.2, 0.25) is 0 Å². The molecule has 0 aromatic heterocycles. The van der Waals surface area contributed by atoms with Crippen LogP contribution in [0, 0.1) is 11.6 Å². The largest absolute Gasteiger partial charge is 0.466 e. The Morgan fingerprint density at radius 1 is 1.44 bits per heavy atom. The van der Waals surface area contributed by atoms with Crippen molar-refractivity contribution in [1.29, 1.82) is 0 Å². The lowest BCUT2D eigenvalue weighted by Gasteiger charge is -2.08. The summed E-state index contributed by atoms with van der Waals surface area (Å²) in [5, 5.41) is 0. The molecule has 1 aromatic rings. The molecule has 0 aliphatic rings. The molecule has 0 amide bonds. The Morgan fingerprint density at radius 3 is 2.62 bits per heavy atom. The molecule has 0 heterocycles. The molecular weight excluding hydrogens is 350 g/mol. The molecule has 0 fully saturated rings. The minimum absolute atomic E-state index is 0.0208. The topological polar surface area (TPSA) is 26.3 Å². The number of ether oxygens (including phenoxy) is 1. The van der Waals surface area contributed by atoms with E-state index in [1.807, 2.05) is 0 Å². The highest BCUT2D eigenvalue weighted by Gasteiger charge is 2.18. The van der Waals surface area contributed by atoms with Crippen molar-refractivity contribution in [2.24, 2.45) is 0 Å². The van der Waals surface area contributed by atoms with Crippen LogP contribution >= 0.6 is 31.9 Å². The van der Waals surface area contributed by atoms with Crippen molar-refractivity contribution in [3.63, 3.8) is 0 Å². The van der Waals surface area contributed by atoms with Gasteiger partial charge in [0, 0.05) is 5.56 Å². The van der Waals surface area contributed by atoms with Crippen molar-refractivity contribution in [1.82, 2.24) is 0 Å². The minimum Gasteiger partial charge on any atom is -0.466 e. The number of halogens is 4. The van der Waals surface area contributed by atoms with Gasteiger partial charge in [-0.2, -0.15) is 0 Å². The molecule has 88 valence electrons. The molecule has 0 unspecified atom stereocenters. The first kappa shape index (κ1) is 13.6. The zero-order valence-corrected chi connectivity index (χ0v) is 11.5. The molecule has 0 atom stereocenters. The molecule has 0 radical (unpaired) electrons. The van der Waals surface area contributed by atoms with E-state index in [2.05, 4.69) is 36.6 Å². The van der Waals surface area contributed by atoms with Crippen LogP contribution < -0.4 is 0 Å². The van der Waals surface area contributed by atoms with Crippen LogP contribution in [-0.4, -0.2) is 12.6 Å². The highest BCUT2D eigenvalue weighted by Crippen LogP contribution is 2.29. The van der Waals surface area contributed by atoms with Gasteiger partial charge in [-0.25, -0.2) is 8.78 Å². The van der Waals surface area contributed by atoms with E-state index in [9.17, 15) is 13.6 Å². The number of esters is 1. The van der Waals surface area contributed by atoms with E-state index in [0.29, 0.717) is 0 Å². The van der Waals surface area contributed by atoms with Crippen LogP contribution in [0.1, 0.15) is 12.5 Å². The molecule has 0 spiro atoms. The van der Waals surface area contributed by atoms with Gasteiger partial charge in [-0.3, -0.25) is 4.79 Å². The predicted molar refractivity (Wildman–Crippen MR) is 62.1 cm³/mol. The van der Waals surface area contributed by atoms with Crippen LogP contribution in [-0.2, 0) is 16.0 Å². The average molecular weight is 358 g/mol. The lowest BCUT2D eigenvalue weighted by atomic mass is 10.1. The predicted octanol–water partition coefficient (Wildman–Crippen LogP) is 3.60. The molecule has 0 saturated heterocycles. The van der Waals surface area contributed by atoms with Gasteiger partial charge in [-0.05, 0) is 44.8 Å². The van der Waals surface area contributed by atoms with Gasteiger partial charge in [0.1, 0.15) is 11.6 Å². The van der Waals surface area contributed by atoms with Crippen molar-refractivity contribution in [3.8, 4) is 0 Å². The Morgan fingerprint density at radius 2 is 2.06 bits per heavy atom. The smallest absolute Gasteiger partial charge is 0.310 e. The average Bonchev–Trinajstić information content (AvgIpc) is 2.22. The summed E-state index contributed by atoms with van der Waals surface area (Å²) in [6.45, 7) is 1.85. The van der Waals surface area contributed by atoms with Gasteiger partial charge in [0.15, 0.2) is 0 Å². The fourth-order valence-electron chi connectivity index (χ4n) is 1.13. The third-order valence-corrected chi connectivity index (χ3v) is 3.26. The summed E-state index contributed by atoms with van der Waals surface area (Å²) < 4.78 is 31.4. The third-order valence-electron chi connectivity index (χ3n) is 1.83. The first-order valence-electron chi connectivity index (χ1n) is 4.44. The van der Waals surface area contributed by atoms with Gasteiger partial charge in [0.25, 0.3) is 0 Å². The van der Waals surface area contributed by atoms with Crippen LogP contribution in [0.25, 0.3) is 0 Å². The molecule has 1 aromatic carbocycles. The normalized spacial score (nSPS) is 10.3. The van der Waals surface area contributed by atoms with Crippen LogP contribution in [0.4, 0.5) is 8.78 Å². The summed E-state index contributed by atoms with van der Waals surface area (Å²) in [4.78, 5) is 11.2. The number of hydrogen-bond acceptors (Lipinski definition) is 2. The maximum absolute atomic E-state index is 13.6. The Balaban J connectivity index is 3.07. The zero-order valence-electron chi connectivity index (χ0n) is 8.32. The van der Waals surface area contributed by atoms with E-state index in [0.717, 1.165) is 6.07 Å². The first-order chi connectivity index (χ1) is 7.47. The van der Waals surface area contributed by atoms with E-state index in [-0.39, 0.29) is 27.5 Å². The second-order valence-corrected chi connectivity index (χ2v) is 4.58. The molecule has 16 heavy (non-hydrogen) atoms. The fourth-order valence-corrected chi connectivity index (χ4v) is 2.00. The third kappa shape index (κ3) is 3.01. The van der Waals surface area contributed by atoms with Gasteiger partial charge >= 0.3 is 5.97 Å². The summed E-state index contributed by atoms with van der Waals surface area (Å²) in [6, 6.07) is 0.994. The Hall–Kier alpha value is -0.490. The van der Waals surface area contributed by atoms with Crippen LogP contribution in [0.3, 0.4) is 0 Å². The van der Waals surface area contributed by atoms with Gasteiger partial charge in [0.2, 0.25) is 0 Å². The van der Waals surface area contributed by atoms with Gasteiger partial charge < -0.3 is 4.74 Å². The van der Waals surface area contributed by atoms with Gasteiger partial charge in [-0.1, -0.05) is 0 Å². The second-order valence-electron chi connectivity index (χ2n) is 2.93. The van der Waals surface area contributed by atoms with Crippen molar-refractivity contribution in [3.05, 3.63) is 32.2 Å². The van der Waals surface area contributed by atoms with Crippen molar-refractivity contribution < 1.29 is 18.3 Å². The monoisotopic (exact) mass is 356 g/mol. The fraction of sp³-hybridized carbons (Fsp3) is 0.300. The summed E-state index contributed by atoms with van der Waals surface area (Å²) in [5.74, 6) is -1.89. The lowest BCUT2D eigenvalue weighted by Crippen LogP contribution is -2.10. The van der Waals surface area contributed by atoms with E-state index in [1.165, 1.54) is 0 Å². The quantitative estimate of drug-likeness (QED) is 0.610. The molecule has 0 saturated carbocycles.